The standard InChI is InChI=1S/C14H16N4O2/c1-9(19)18-6-4-12-11(8-18)14(17-16-12)13-7-10(20-2)3-5-15-13/h3,5,7H,4,6,8H2,1-2H3,(H,16,17). The Kier molecular flexibility index (Phi) is 3.14. The monoisotopic (exact) mass is 272 g/mol. The zero-order valence-electron chi connectivity index (χ0n) is 11.5. The van der Waals surface area contributed by atoms with Gasteiger partial charge in [-0.25, -0.2) is 0 Å². The van der Waals surface area contributed by atoms with E-state index in [0.29, 0.717) is 6.54 Å². The van der Waals surface area contributed by atoms with Crippen molar-refractivity contribution in [3.05, 3.63) is 29.6 Å². The van der Waals surface area contributed by atoms with Crippen LogP contribution in [0.25, 0.3) is 11.4 Å². The molecule has 0 radical (unpaired) electrons. The van der Waals surface area contributed by atoms with E-state index in [1.807, 2.05) is 11.0 Å². The van der Waals surface area contributed by atoms with E-state index < -0.39 is 0 Å². The van der Waals surface area contributed by atoms with Crippen molar-refractivity contribution in [2.45, 2.75) is 19.9 Å². The van der Waals surface area contributed by atoms with Gasteiger partial charge in [-0.2, -0.15) is 5.10 Å². The molecule has 0 spiro atoms. The van der Waals surface area contributed by atoms with Gasteiger partial charge in [0.15, 0.2) is 0 Å². The highest BCUT2D eigenvalue weighted by molar-refractivity contribution is 5.74. The Balaban J connectivity index is 2.00. The van der Waals surface area contributed by atoms with E-state index in [4.69, 9.17) is 4.74 Å². The lowest BCUT2D eigenvalue weighted by Gasteiger charge is -2.25. The molecule has 0 bridgehead atoms. The van der Waals surface area contributed by atoms with E-state index in [9.17, 15) is 4.79 Å². The van der Waals surface area contributed by atoms with Gasteiger partial charge in [0.05, 0.1) is 12.8 Å². The van der Waals surface area contributed by atoms with Gasteiger partial charge in [0, 0.05) is 50.0 Å². The van der Waals surface area contributed by atoms with E-state index in [1.54, 1.807) is 26.3 Å². The van der Waals surface area contributed by atoms with Crippen LogP contribution in [0.4, 0.5) is 0 Å². The molecular weight excluding hydrogens is 256 g/mol. The van der Waals surface area contributed by atoms with Gasteiger partial charge in [0.1, 0.15) is 11.4 Å². The quantitative estimate of drug-likeness (QED) is 0.896. The molecule has 1 amide bonds. The van der Waals surface area contributed by atoms with E-state index in [2.05, 4.69) is 15.2 Å². The first kappa shape index (κ1) is 12.7. The number of aromatic amines is 1. The van der Waals surface area contributed by atoms with Crippen molar-refractivity contribution in [2.24, 2.45) is 0 Å². The molecule has 3 heterocycles. The molecule has 6 nitrogen and oxygen atoms in total. The van der Waals surface area contributed by atoms with Gasteiger partial charge in [0.2, 0.25) is 5.91 Å². The molecule has 1 aliphatic rings. The van der Waals surface area contributed by atoms with Crippen LogP contribution in [0.15, 0.2) is 18.3 Å². The number of methoxy groups -OCH3 is 1. The van der Waals surface area contributed by atoms with Gasteiger partial charge < -0.3 is 9.64 Å². The first-order chi connectivity index (χ1) is 9.69. The van der Waals surface area contributed by atoms with Crippen LogP contribution in [0.2, 0.25) is 0 Å². The molecule has 0 aromatic carbocycles. The summed E-state index contributed by atoms with van der Waals surface area (Å²) in [6.07, 6.45) is 2.49. The van der Waals surface area contributed by atoms with Crippen LogP contribution in [-0.2, 0) is 17.8 Å². The molecule has 2 aromatic heterocycles. The lowest BCUT2D eigenvalue weighted by Crippen LogP contribution is -2.34. The summed E-state index contributed by atoms with van der Waals surface area (Å²) < 4.78 is 5.21. The number of fused-ring (bicyclic) bond motifs is 1. The number of rotatable bonds is 2. The number of carbonyl (C=O) groups excluding carboxylic acids is 1. The molecule has 0 atom stereocenters. The highest BCUT2D eigenvalue weighted by Gasteiger charge is 2.24. The minimum absolute atomic E-state index is 0.0846. The van der Waals surface area contributed by atoms with Crippen LogP contribution >= 0.6 is 0 Å². The Morgan fingerprint density at radius 3 is 3.10 bits per heavy atom. The van der Waals surface area contributed by atoms with Gasteiger partial charge in [-0.15, -0.1) is 0 Å². The average Bonchev–Trinajstić information content (AvgIpc) is 2.90. The molecule has 1 aliphatic heterocycles. The van der Waals surface area contributed by atoms with Crippen LogP contribution in [0, 0.1) is 0 Å². The van der Waals surface area contributed by atoms with Crippen molar-refractivity contribution in [2.75, 3.05) is 13.7 Å². The molecule has 104 valence electrons. The van der Waals surface area contributed by atoms with Crippen molar-refractivity contribution in [3.63, 3.8) is 0 Å². The number of hydrogen-bond acceptors (Lipinski definition) is 4. The SMILES string of the molecule is COc1ccnc(-c2n[nH]c3c2CN(C(C)=O)CC3)c1. The fourth-order valence-corrected chi connectivity index (χ4v) is 2.44. The van der Waals surface area contributed by atoms with Crippen molar-refractivity contribution in [3.8, 4) is 17.1 Å². The zero-order chi connectivity index (χ0) is 14.1. The number of amides is 1. The number of nitrogens with one attached hydrogen (secondary N) is 1. The normalized spacial score (nSPS) is 14.0. The molecule has 20 heavy (non-hydrogen) atoms. The summed E-state index contributed by atoms with van der Waals surface area (Å²) in [5.41, 5.74) is 3.69. The highest BCUT2D eigenvalue weighted by atomic mass is 16.5. The smallest absolute Gasteiger partial charge is 0.219 e. The zero-order valence-corrected chi connectivity index (χ0v) is 11.5. The summed E-state index contributed by atoms with van der Waals surface area (Å²) in [5, 5.41) is 7.41. The number of nitrogens with zero attached hydrogens (tertiary/aromatic N) is 3. The Bertz CT molecular complexity index is 650. The lowest BCUT2D eigenvalue weighted by molar-refractivity contribution is -0.129. The Morgan fingerprint density at radius 1 is 1.50 bits per heavy atom. The number of aromatic nitrogens is 3. The number of H-pyrrole nitrogens is 1. The second kappa shape index (κ2) is 4.96. The number of pyridine rings is 1. The van der Waals surface area contributed by atoms with Gasteiger partial charge in [-0.1, -0.05) is 0 Å². The van der Waals surface area contributed by atoms with Crippen LogP contribution in [0.5, 0.6) is 5.75 Å². The van der Waals surface area contributed by atoms with Gasteiger partial charge in [-0.05, 0) is 6.07 Å². The molecule has 6 heteroatoms. The summed E-state index contributed by atoms with van der Waals surface area (Å²) in [6, 6.07) is 3.65. The summed E-state index contributed by atoms with van der Waals surface area (Å²) in [5.74, 6) is 0.826. The number of ether oxygens (including phenoxy) is 1. The first-order valence-corrected chi connectivity index (χ1v) is 6.51. The minimum Gasteiger partial charge on any atom is -0.497 e. The van der Waals surface area contributed by atoms with E-state index in [1.165, 1.54) is 0 Å². The third kappa shape index (κ3) is 2.13. The molecule has 2 aromatic rings. The predicted octanol–water partition coefficient (Wildman–Crippen LogP) is 1.38. The molecule has 0 fully saturated rings. The highest BCUT2D eigenvalue weighted by Crippen LogP contribution is 2.28. The van der Waals surface area contributed by atoms with Gasteiger partial charge >= 0.3 is 0 Å². The maximum atomic E-state index is 11.5. The molecule has 0 unspecified atom stereocenters. The fraction of sp³-hybridized carbons (Fsp3) is 0.357. The lowest BCUT2D eigenvalue weighted by atomic mass is 10.0. The first-order valence-electron chi connectivity index (χ1n) is 6.51. The molecular formula is C14H16N4O2. The summed E-state index contributed by atoms with van der Waals surface area (Å²) in [4.78, 5) is 17.7. The maximum Gasteiger partial charge on any atom is 0.219 e. The van der Waals surface area contributed by atoms with Crippen LogP contribution in [0.1, 0.15) is 18.2 Å². The molecule has 0 saturated heterocycles. The topological polar surface area (TPSA) is 71.1 Å². The minimum atomic E-state index is 0.0846. The molecule has 1 N–H and O–H groups in total. The van der Waals surface area contributed by atoms with E-state index in [0.717, 1.165) is 41.4 Å². The fourth-order valence-electron chi connectivity index (χ4n) is 2.44. The summed E-state index contributed by atoms with van der Waals surface area (Å²) in [7, 11) is 1.62. The second-order valence-electron chi connectivity index (χ2n) is 4.80. The maximum absolute atomic E-state index is 11.5. The number of hydrogen-bond donors (Lipinski definition) is 1. The Labute approximate surface area is 116 Å². The summed E-state index contributed by atoms with van der Waals surface area (Å²) in [6.45, 7) is 2.90. The second-order valence-corrected chi connectivity index (χ2v) is 4.80. The third-order valence-electron chi connectivity index (χ3n) is 3.59. The Morgan fingerprint density at radius 2 is 2.35 bits per heavy atom. The van der Waals surface area contributed by atoms with Crippen molar-refractivity contribution >= 4 is 5.91 Å². The van der Waals surface area contributed by atoms with Crippen molar-refractivity contribution in [1.29, 1.82) is 0 Å². The number of carbonyl (C=O) groups is 1. The Hall–Kier alpha value is -2.37. The molecule has 3 rings (SSSR count). The largest absolute Gasteiger partial charge is 0.497 e. The van der Waals surface area contributed by atoms with E-state index >= 15 is 0 Å². The van der Waals surface area contributed by atoms with Crippen molar-refractivity contribution in [1.82, 2.24) is 20.1 Å². The third-order valence-corrected chi connectivity index (χ3v) is 3.59. The van der Waals surface area contributed by atoms with E-state index in [-0.39, 0.29) is 5.91 Å². The predicted molar refractivity (Wildman–Crippen MR) is 73.2 cm³/mol. The summed E-state index contributed by atoms with van der Waals surface area (Å²) >= 11 is 0. The van der Waals surface area contributed by atoms with Crippen LogP contribution in [-0.4, -0.2) is 39.6 Å². The van der Waals surface area contributed by atoms with Crippen LogP contribution in [0.3, 0.4) is 0 Å². The molecule has 0 saturated carbocycles. The van der Waals surface area contributed by atoms with Crippen molar-refractivity contribution < 1.29 is 9.53 Å². The van der Waals surface area contributed by atoms with Gasteiger partial charge in [0.25, 0.3) is 0 Å². The van der Waals surface area contributed by atoms with Crippen LogP contribution < -0.4 is 4.74 Å². The van der Waals surface area contributed by atoms with Gasteiger partial charge in [-0.3, -0.25) is 14.9 Å². The molecule has 0 aliphatic carbocycles. The average molecular weight is 272 g/mol.